The molecule has 3 aromatic rings. The van der Waals surface area contributed by atoms with Gasteiger partial charge in [-0.3, -0.25) is 4.79 Å². The number of carboxylic acids is 1. The van der Waals surface area contributed by atoms with Crippen LogP contribution in [0, 0.1) is 17.5 Å². The number of rotatable bonds is 2. The second kappa shape index (κ2) is 6.09. The fourth-order valence-electron chi connectivity index (χ4n) is 2.46. The van der Waals surface area contributed by atoms with Crippen molar-refractivity contribution in [2.45, 2.75) is 0 Å². The quantitative estimate of drug-likeness (QED) is 0.662. The molecule has 0 atom stereocenters. The van der Waals surface area contributed by atoms with E-state index in [4.69, 9.17) is 23.2 Å². The minimum Gasteiger partial charge on any atom is -0.477 e. The lowest BCUT2D eigenvalue weighted by atomic mass is 10.1. The molecule has 25 heavy (non-hydrogen) atoms. The van der Waals surface area contributed by atoms with Gasteiger partial charge in [-0.25, -0.2) is 18.0 Å². The average Bonchev–Trinajstić information content (AvgIpc) is 2.53. The van der Waals surface area contributed by atoms with E-state index in [0.29, 0.717) is 12.1 Å². The fourth-order valence-corrected chi connectivity index (χ4v) is 3.00. The minimum atomic E-state index is -1.56. The Morgan fingerprint density at radius 2 is 1.76 bits per heavy atom. The first-order valence-corrected chi connectivity index (χ1v) is 7.40. The third-order valence-corrected chi connectivity index (χ3v) is 4.14. The number of aromatic nitrogens is 1. The number of nitrogens with zero attached hydrogens (tertiary/aromatic N) is 1. The molecule has 0 amide bonds. The van der Waals surface area contributed by atoms with Crippen LogP contribution in [-0.4, -0.2) is 15.6 Å². The van der Waals surface area contributed by atoms with Crippen molar-refractivity contribution in [2.24, 2.45) is 0 Å². The van der Waals surface area contributed by atoms with Gasteiger partial charge in [0.1, 0.15) is 17.3 Å². The smallest absolute Gasteiger partial charge is 0.353 e. The molecule has 0 aliphatic heterocycles. The lowest BCUT2D eigenvalue weighted by molar-refractivity contribution is 0.0687. The maximum Gasteiger partial charge on any atom is 0.353 e. The highest BCUT2D eigenvalue weighted by Crippen LogP contribution is 2.32. The second-order valence-electron chi connectivity index (χ2n) is 5.01. The van der Waals surface area contributed by atoms with E-state index in [9.17, 15) is 27.9 Å². The van der Waals surface area contributed by atoms with Crippen LogP contribution in [0.25, 0.3) is 16.6 Å². The van der Waals surface area contributed by atoms with Crippen LogP contribution in [0.3, 0.4) is 0 Å². The maximum absolute atomic E-state index is 14.2. The molecule has 0 aliphatic rings. The Morgan fingerprint density at radius 3 is 2.36 bits per heavy atom. The van der Waals surface area contributed by atoms with Gasteiger partial charge < -0.3 is 9.67 Å². The van der Waals surface area contributed by atoms with Gasteiger partial charge in [0.2, 0.25) is 0 Å². The van der Waals surface area contributed by atoms with Crippen molar-refractivity contribution in [3.8, 4) is 5.69 Å². The molecule has 4 nitrogen and oxygen atoms in total. The van der Waals surface area contributed by atoms with E-state index in [-0.39, 0.29) is 16.6 Å². The zero-order valence-electron chi connectivity index (χ0n) is 12.0. The van der Waals surface area contributed by atoms with Crippen molar-refractivity contribution in [3.63, 3.8) is 0 Å². The Morgan fingerprint density at radius 1 is 1.08 bits per heavy atom. The molecule has 0 aliphatic carbocycles. The summed E-state index contributed by atoms with van der Waals surface area (Å²) in [5.74, 6) is -4.60. The summed E-state index contributed by atoms with van der Waals surface area (Å²) < 4.78 is 42.1. The number of hydrogen-bond acceptors (Lipinski definition) is 2. The number of halogens is 5. The molecule has 0 radical (unpaired) electrons. The fraction of sp³-hybridized carbons (Fsp3) is 0. The minimum absolute atomic E-state index is 0.230. The Bertz CT molecular complexity index is 1110. The van der Waals surface area contributed by atoms with E-state index in [2.05, 4.69) is 0 Å². The van der Waals surface area contributed by atoms with Crippen molar-refractivity contribution in [1.82, 2.24) is 4.57 Å². The Balaban J connectivity index is 2.60. The van der Waals surface area contributed by atoms with Gasteiger partial charge in [0, 0.05) is 12.1 Å². The van der Waals surface area contributed by atoms with Gasteiger partial charge in [0.25, 0.3) is 0 Å². The lowest BCUT2D eigenvalue weighted by Crippen LogP contribution is -2.18. The predicted molar refractivity (Wildman–Crippen MR) is 86.4 cm³/mol. The summed E-state index contributed by atoms with van der Waals surface area (Å²) in [5, 5.41) is 7.86. The predicted octanol–water partition coefficient (Wildman–Crippen LogP) is 4.41. The molecule has 1 N–H and O–H groups in total. The van der Waals surface area contributed by atoms with Crippen LogP contribution >= 0.6 is 23.2 Å². The van der Waals surface area contributed by atoms with Crippen LogP contribution < -0.4 is 5.43 Å². The normalized spacial score (nSPS) is 11.1. The highest BCUT2D eigenvalue weighted by Gasteiger charge is 2.22. The van der Waals surface area contributed by atoms with E-state index >= 15 is 0 Å². The van der Waals surface area contributed by atoms with Crippen molar-refractivity contribution in [3.05, 3.63) is 73.7 Å². The molecule has 0 unspecified atom stereocenters. The molecule has 1 heterocycles. The number of aromatic carboxylic acids is 1. The zero-order chi connectivity index (χ0) is 18.5. The third-order valence-electron chi connectivity index (χ3n) is 3.51. The number of carbonyl (C=O) groups is 1. The molecule has 0 fully saturated rings. The van der Waals surface area contributed by atoms with Crippen LogP contribution in [0.5, 0.6) is 0 Å². The molecule has 0 bridgehead atoms. The number of pyridine rings is 1. The summed E-state index contributed by atoms with van der Waals surface area (Å²) in [6.45, 7) is 0. The molecule has 9 heteroatoms. The monoisotopic (exact) mass is 387 g/mol. The summed E-state index contributed by atoms with van der Waals surface area (Å²) in [5.41, 5.74) is -2.11. The molecular weight excluding hydrogens is 382 g/mol. The van der Waals surface area contributed by atoms with Crippen LogP contribution in [-0.2, 0) is 0 Å². The SMILES string of the molecule is O=C(O)c1cc(=O)c2c(Cl)c(F)c(Cl)cc2n1-c1ccc(F)cc1F. The first kappa shape index (κ1) is 17.3. The topological polar surface area (TPSA) is 59.3 Å². The van der Waals surface area contributed by atoms with Gasteiger partial charge in [0.05, 0.1) is 26.6 Å². The molecule has 0 saturated heterocycles. The first-order chi connectivity index (χ1) is 11.7. The molecule has 2 aromatic carbocycles. The van der Waals surface area contributed by atoms with Gasteiger partial charge in [-0.2, -0.15) is 0 Å². The number of fused-ring (bicyclic) bond motifs is 1. The lowest BCUT2D eigenvalue weighted by Gasteiger charge is -2.16. The van der Waals surface area contributed by atoms with E-state index in [0.717, 1.165) is 22.8 Å². The van der Waals surface area contributed by atoms with E-state index in [1.54, 1.807) is 0 Å². The zero-order valence-corrected chi connectivity index (χ0v) is 13.5. The summed E-state index contributed by atoms with van der Waals surface area (Å²) in [7, 11) is 0. The average molecular weight is 388 g/mol. The highest BCUT2D eigenvalue weighted by molar-refractivity contribution is 6.38. The number of benzene rings is 2. The second-order valence-corrected chi connectivity index (χ2v) is 5.80. The van der Waals surface area contributed by atoms with Crippen molar-refractivity contribution >= 4 is 40.1 Å². The van der Waals surface area contributed by atoms with Gasteiger partial charge >= 0.3 is 5.97 Å². The first-order valence-electron chi connectivity index (χ1n) is 6.64. The molecule has 0 saturated carbocycles. The number of hydrogen-bond donors (Lipinski definition) is 1. The molecule has 128 valence electrons. The van der Waals surface area contributed by atoms with Crippen LogP contribution in [0.15, 0.2) is 35.1 Å². The van der Waals surface area contributed by atoms with E-state index < -0.39 is 44.6 Å². The summed E-state index contributed by atoms with van der Waals surface area (Å²) in [6, 6.07) is 4.05. The summed E-state index contributed by atoms with van der Waals surface area (Å²) >= 11 is 11.5. The van der Waals surface area contributed by atoms with Crippen LogP contribution in [0.4, 0.5) is 13.2 Å². The number of carboxylic acid groups (broad SMARTS) is 1. The van der Waals surface area contributed by atoms with Crippen molar-refractivity contribution in [1.29, 1.82) is 0 Å². The van der Waals surface area contributed by atoms with E-state index in [1.165, 1.54) is 0 Å². The maximum atomic E-state index is 14.2. The summed E-state index contributed by atoms with van der Waals surface area (Å²) in [4.78, 5) is 23.7. The Hall–Kier alpha value is -2.51. The van der Waals surface area contributed by atoms with Gasteiger partial charge in [-0.1, -0.05) is 23.2 Å². The van der Waals surface area contributed by atoms with Gasteiger partial charge in [-0.15, -0.1) is 0 Å². The largest absolute Gasteiger partial charge is 0.477 e. The summed E-state index contributed by atoms with van der Waals surface area (Å²) in [6.07, 6.45) is 0. The van der Waals surface area contributed by atoms with Gasteiger partial charge in [-0.05, 0) is 18.2 Å². The highest BCUT2D eigenvalue weighted by atomic mass is 35.5. The molecule has 0 spiro atoms. The van der Waals surface area contributed by atoms with Crippen molar-refractivity contribution in [2.75, 3.05) is 0 Å². The molecule has 3 rings (SSSR count). The standard InChI is InChI=1S/C16H6Cl2F3NO3/c17-7-4-10-13(14(18)15(7)21)12(23)5-11(16(24)25)22(10)9-2-1-6(19)3-8(9)20/h1-5H,(H,24,25). The Labute approximate surface area is 147 Å². The van der Waals surface area contributed by atoms with Crippen LogP contribution in [0.1, 0.15) is 10.5 Å². The molecule has 1 aromatic heterocycles. The van der Waals surface area contributed by atoms with Crippen LogP contribution in [0.2, 0.25) is 10.0 Å². The Kier molecular flexibility index (Phi) is 4.22. The van der Waals surface area contributed by atoms with Crippen molar-refractivity contribution < 1.29 is 23.1 Å². The van der Waals surface area contributed by atoms with E-state index in [1.807, 2.05) is 0 Å². The van der Waals surface area contributed by atoms with Gasteiger partial charge in [0.15, 0.2) is 11.2 Å². The third kappa shape index (κ3) is 2.75. The molecular formula is C16H6Cl2F3NO3.